The maximum Gasteiger partial charge on any atom is 0.313 e. The third-order valence-electron chi connectivity index (χ3n) is 4.74. The van der Waals surface area contributed by atoms with Crippen molar-refractivity contribution in [2.45, 2.75) is 58.3 Å². The quantitative estimate of drug-likeness (QED) is 0.543. The fraction of sp³-hybridized carbons (Fsp3) is 0.867. The zero-order valence-electron chi connectivity index (χ0n) is 11.7. The number of rotatable bonds is 8. The first-order valence-electron chi connectivity index (χ1n) is 7.53. The van der Waals surface area contributed by atoms with Gasteiger partial charge in [0.1, 0.15) is 0 Å². The Morgan fingerprint density at radius 2 is 1.95 bits per heavy atom. The molecule has 0 bridgehead atoms. The number of ether oxygens (including phenoxy) is 1. The van der Waals surface area contributed by atoms with Crippen molar-refractivity contribution in [3.63, 3.8) is 0 Å². The van der Waals surface area contributed by atoms with Crippen molar-refractivity contribution >= 4 is 11.9 Å². The van der Waals surface area contributed by atoms with E-state index < -0.39 is 17.3 Å². The topological polar surface area (TPSA) is 63.6 Å². The highest BCUT2D eigenvalue weighted by molar-refractivity contribution is 5.88. The molecule has 0 aromatic rings. The molecule has 2 rings (SSSR count). The predicted octanol–water partition coefficient (Wildman–Crippen LogP) is 3.00. The molecule has 108 valence electrons. The van der Waals surface area contributed by atoms with E-state index in [0.717, 1.165) is 25.7 Å². The highest BCUT2D eigenvalue weighted by atomic mass is 16.5. The van der Waals surface area contributed by atoms with Crippen LogP contribution in [0.25, 0.3) is 0 Å². The molecule has 0 saturated heterocycles. The van der Waals surface area contributed by atoms with Gasteiger partial charge < -0.3 is 9.84 Å². The number of hydrogen-bond donors (Lipinski definition) is 1. The van der Waals surface area contributed by atoms with Crippen LogP contribution in [0.5, 0.6) is 0 Å². The van der Waals surface area contributed by atoms with E-state index in [1.54, 1.807) is 0 Å². The molecule has 0 radical (unpaired) electrons. The first-order valence-corrected chi connectivity index (χ1v) is 7.53. The van der Waals surface area contributed by atoms with Crippen LogP contribution in [-0.2, 0) is 14.3 Å². The minimum atomic E-state index is -0.833. The number of aliphatic carboxylic acids is 1. The summed E-state index contributed by atoms with van der Waals surface area (Å²) in [6.07, 6.45) is 7.79. The molecule has 2 saturated carbocycles. The summed E-state index contributed by atoms with van der Waals surface area (Å²) in [7, 11) is 0. The van der Waals surface area contributed by atoms with Gasteiger partial charge in [0.05, 0.1) is 17.9 Å². The fourth-order valence-electron chi connectivity index (χ4n) is 3.50. The third kappa shape index (κ3) is 2.77. The van der Waals surface area contributed by atoms with Gasteiger partial charge in [-0.15, -0.1) is 0 Å². The van der Waals surface area contributed by atoms with Crippen LogP contribution in [0.15, 0.2) is 0 Å². The average Bonchev–Trinajstić information content (AvgIpc) is 2.99. The number of esters is 1. The van der Waals surface area contributed by atoms with Crippen LogP contribution in [0, 0.1) is 17.3 Å². The lowest BCUT2D eigenvalue weighted by Gasteiger charge is -2.18. The first-order chi connectivity index (χ1) is 9.13. The lowest BCUT2D eigenvalue weighted by Crippen LogP contribution is -2.31. The van der Waals surface area contributed by atoms with E-state index in [4.69, 9.17) is 4.74 Å². The van der Waals surface area contributed by atoms with Crippen molar-refractivity contribution in [3.8, 4) is 0 Å². The number of unbranched alkanes of at least 4 members (excludes halogenated alkanes) is 4. The zero-order chi connectivity index (χ0) is 13.9. The molecule has 2 fully saturated rings. The van der Waals surface area contributed by atoms with Gasteiger partial charge in [-0.05, 0) is 31.6 Å². The Hall–Kier alpha value is -1.06. The number of carbonyl (C=O) groups excluding carboxylic acids is 1. The normalized spacial score (nSPS) is 31.8. The van der Waals surface area contributed by atoms with Gasteiger partial charge in [0, 0.05) is 0 Å². The van der Waals surface area contributed by atoms with Crippen molar-refractivity contribution in [2.75, 3.05) is 6.61 Å². The monoisotopic (exact) mass is 268 g/mol. The van der Waals surface area contributed by atoms with Gasteiger partial charge in [0.15, 0.2) is 0 Å². The molecule has 19 heavy (non-hydrogen) atoms. The summed E-state index contributed by atoms with van der Waals surface area (Å²) in [6, 6.07) is 0. The Morgan fingerprint density at radius 3 is 2.58 bits per heavy atom. The second-order valence-corrected chi connectivity index (χ2v) is 5.96. The molecule has 4 nitrogen and oxygen atoms in total. The largest absolute Gasteiger partial charge is 0.481 e. The maximum absolute atomic E-state index is 12.1. The van der Waals surface area contributed by atoms with E-state index in [9.17, 15) is 14.7 Å². The highest BCUT2D eigenvalue weighted by Crippen LogP contribution is 2.67. The average molecular weight is 268 g/mol. The molecular formula is C15H24O4. The Kier molecular flexibility index (Phi) is 4.48. The van der Waals surface area contributed by atoms with E-state index in [1.807, 2.05) is 0 Å². The molecule has 2 aliphatic carbocycles. The van der Waals surface area contributed by atoms with Gasteiger partial charge in [-0.1, -0.05) is 32.6 Å². The smallest absolute Gasteiger partial charge is 0.313 e. The number of carboxylic acids is 1. The van der Waals surface area contributed by atoms with Gasteiger partial charge in [-0.25, -0.2) is 0 Å². The minimum absolute atomic E-state index is 0.252. The van der Waals surface area contributed by atoms with E-state index in [1.165, 1.54) is 19.3 Å². The van der Waals surface area contributed by atoms with E-state index in [-0.39, 0.29) is 11.9 Å². The summed E-state index contributed by atoms with van der Waals surface area (Å²) in [5.74, 6) is -1.33. The number of carboxylic acid groups (broad SMARTS) is 1. The molecule has 1 N–H and O–H groups in total. The van der Waals surface area contributed by atoms with E-state index >= 15 is 0 Å². The molecule has 0 spiro atoms. The molecule has 0 amide bonds. The molecule has 0 aromatic heterocycles. The minimum Gasteiger partial charge on any atom is -0.481 e. The molecular weight excluding hydrogens is 244 g/mol. The second-order valence-electron chi connectivity index (χ2n) is 5.96. The Labute approximate surface area is 114 Å². The zero-order valence-corrected chi connectivity index (χ0v) is 11.7. The standard InChI is InChI=1S/C15H24O4/c1-2-3-4-5-6-9-19-14(18)15-10-11(15)7-8-12(15)13(16)17/h11-12H,2-10H2,1H3,(H,16,17). The summed E-state index contributed by atoms with van der Waals surface area (Å²) in [5.41, 5.74) is -0.657. The summed E-state index contributed by atoms with van der Waals surface area (Å²) in [4.78, 5) is 23.3. The Morgan fingerprint density at radius 1 is 1.21 bits per heavy atom. The maximum atomic E-state index is 12.1. The number of carbonyl (C=O) groups is 2. The van der Waals surface area contributed by atoms with Crippen LogP contribution in [-0.4, -0.2) is 23.7 Å². The first kappa shape index (κ1) is 14.4. The van der Waals surface area contributed by atoms with Crippen molar-refractivity contribution < 1.29 is 19.4 Å². The van der Waals surface area contributed by atoms with Gasteiger partial charge in [0.25, 0.3) is 0 Å². The van der Waals surface area contributed by atoms with Gasteiger partial charge in [0.2, 0.25) is 0 Å². The second kappa shape index (κ2) is 5.93. The van der Waals surface area contributed by atoms with Crippen LogP contribution >= 0.6 is 0 Å². The van der Waals surface area contributed by atoms with Crippen LogP contribution in [0.3, 0.4) is 0 Å². The van der Waals surface area contributed by atoms with Crippen molar-refractivity contribution in [2.24, 2.45) is 17.3 Å². The van der Waals surface area contributed by atoms with E-state index in [2.05, 4.69) is 6.92 Å². The molecule has 4 heteroatoms. The summed E-state index contributed by atoms with van der Waals surface area (Å²) >= 11 is 0. The SMILES string of the molecule is CCCCCCCOC(=O)C12CC1CCC2C(=O)O. The number of hydrogen-bond acceptors (Lipinski definition) is 3. The highest BCUT2D eigenvalue weighted by Gasteiger charge is 2.70. The number of fused-ring (bicyclic) bond motifs is 1. The summed E-state index contributed by atoms with van der Waals surface area (Å²) in [6.45, 7) is 2.61. The van der Waals surface area contributed by atoms with Crippen LogP contribution in [0.4, 0.5) is 0 Å². The van der Waals surface area contributed by atoms with E-state index in [0.29, 0.717) is 13.0 Å². The molecule has 3 unspecified atom stereocenters. The van der Waals surface area contributed by atoms with Gasteiger partial charge in [-0.3, -0.25) is 9.59 Å². The molecule has 0 aromatic carbocycles. The molecule has 2 aliphatic rings. The Bertz CT molecular complexity index is 352. The van der Waals surface area contributed by atoms with Crippen molar-refractivity contribution in [1.29, 1.82) is 0 Å². The molecule has 3 atom stereocenters. The molecule has 0 aliphatic heterocycles. The van der Waals surface area contributed by atoms with Crippen molar-refractivity contribution in [1.82, 2.24) is 0 Å². The third-order valence-corrected chi connectivity index (χ3v) is 4.74. The van der Waals surface area contributed by atoms with Gasteiger partial charge in [-0.2, -0.15) is 0 Å². The predicted molar refractivity (Wildman–Crippen MR) is 70.6 cm³/mol. The van der Waals surface area contributed by atoms with Gasteiger partial charge >= 0.3 is 11.9 Å². The summed E-state index contributed by atoms with van der Waals surface area (Å²) < 4.78 is 5.33. The lowest BCUT2D eigenvalue weighted by atomic mass is 9.90. The Balaban J connectivity index is 1.73. The van der Waals surface area contributed by atoms with Crippen LogP contribution < -0.4 is 0 Å². The van der Waals surface area contributed by atoms with Crippen LogP contribution in [0.1, 0.15) is 58.3 Å². The van der Waals surface area contributed by atoms with Crippen LogP contribution in [0.2, 0.25) is 0 Å². The molecule has 0 heterocycles. The lowest BCUT2D eigenvalue weighted by molar-refractivity contribution is -0.159. The van der Waals surface area contributed by atoms with Crippen molar-refractivity contribution in [3.05, 3.63) is 0 Å². The summed E-state index contributed by atoms with van der Waals surface area (Å²) in [5, 5.41) is 9.19. The fourth-order valence-corrected chi connectivity index (χ4v) is 3.50.